The lowest BCUT2D eigenvalue weighted by Gasteiger charge is -2.23. The molecule has 1 aromatic rings. The molecule has 0 bridgehead atoms. The largest absolute Gasteiger partial charge is 0.320 e. The molecule has 0 aliphatic carbocycles. The van der Waals surface area contributed by atoms with Crippen LogP contribution >= 0.6 is 11.3 Å². The van der Waals surface area contributed by atoms with Gasteiger partial charge in [0.05, 0.1) is 6.54 Å². The minimum Gasteiger partial charge on any atom is -0.320 e. The normalized spacial score (nSPS) is 10.8. The van der Waals surface area contributed by atoms with E-state index in [0.717, 1.165) is 31.7 Å². The van der Waals surface area contributed by atoms with Crippen molar-refractivity contribution in [2.75, 3.05) is 40.3 Å². The Hall–Kier alpha value is -0.860. The summed E-state index contributed by atoms with van der Waals surface area (Å²) in [4.78, 5) is 6.08. The summed E-state index contributed by atoms with van der Waals surface area (Å²) in [5, 5.41) is 2.12. The molecule has 0 saturated carbocycles. The van der Waals surface area contributed by atoms with Crippen LogP contribution in [0.2, 0.25) is 0 Å². The van der Waals surface area contributed by atoms with E-state index in [1.807, 2.05) is 0 Å². The van der Waals surface area contributed by atoms with Gasteiger partial charge in [0.25, 0.3) is 0 Å². The average Bonchev–Trinajstić information content (AvgIpc) is 2.81. The maximum absolute atomic E-state index is 5.44. The minimum absolute atomic E-state index is 0.425. The Morgan fingerprint density at radius 1 is 1.26 bits per heavy atom. The molecule has 106 valence electrons. The summed E-state index contributed by atoms with van der Waals surface area (Å²) in [6.07, 6.45) is 1.18. The van der Waals surface area contributed by atoms with E-state index in [9.17, 15) is 0 Å². The van der Waals surface area contributed by atoms with Crippen LogP contribution in [0.1, 0.15) is 23.8 Å². The van der Waals surface area contributed by atoms with Crippen molar-refractivity contribution < 1.29 is 0 Å². The molecule has 0 fully saturated rings. The second kappa shape index (κ2) is 9.11. The molecule has 4 heteroatoms. The van der Waals surface area contributed by atoms with Crippen LogP contribution in [-0.2, 0) is 6.54 Å². The van der Waals surface area contributed by atoms with Crippen LogP contribution in [0.3, 0.4) is 0 Å². The van der Waals surface area contributed by atoms with Gasteiger partial charge in [-0.05, 0) is 38.5 Å². The smallest absolute Gasteiger partial charge is 0.0555 e. The summed E-state index contributed by atoms with van der Waals surface area (Å²) in [5.74, 6) is 6.11. The van der Waals surface area contributed by atoms with Gasteiger partial charge < -0.3 is 10.6 Å². The maximum atomic E-state index is 5.44. The number of hydrogen-bond donors (Lipinski definition) is 1. The zero-order valence-electron chi connectivity index (χ0n) is 12.3. The standard InChI is InChI=1S/C15H25N3S/c1-4-9-18(11-10-17(2)3)13-15-14(6-5-8-16)7-12-19-15/h7,12H,4,8-11,13,16H2,1-3H3. The van der Waals surface area contributed by atoms with Gasteiger partial charge in [-0.25, -0.2) is 0 Å². The molecule has 1 rings (SSSR count). The molecule has 0 aliphatic rings. The molecule has 0 atom stereocenters. The third-order valence-electron chi connectivity index (χ3n) is 2.84. The first kappa shape index (κ1) is 16.2. The number of nitrogens with zero attached hydrogens (tertiary/aromatic N) is 2. The fourth-order valence-electron chi connectivity index (χ4n) is 1.85. The predicted molar refractivity (Wildman–Crippen MR) is 84.4 cm³/mol. The Bertz CT molecular complexity index is 415. The van der Waals surface area contributed by atoms with Crippen molar-refractivity contribution in [3.8, 4) is 11.8 Å². The molecule has 0 saturated heterocycles. The van der Waals surface area contributed by atoms with Gasteiger partial charge in [-0.2, -0.15) is 0 Å². The van der Waals surface area contributed by atoms with E-state index in [2.05, 4.69) is 54.1 Å². The van der Waals surface area contributed by atoms with Crippen molar-refractivity contribution in [2.45, 2.75) is 19.9 Å². The molecule has 2 N–H and O–H groups in total. The third kappa shape index (κ3) is 6.22. The second-order valence-electron chi connectivity index (χ2n) is 4.84. The number of thiophene rings is 1. The third-order valence-corrected chi connectivity index (χ3v) is 3.75. The number of hydrogen-bond acceptors (Lipinski definition) is 4. The SMILES string of the molecule is CCCN(CCN(C)C)Cc1sccc1C#CCN. The first-order chi connectivity index (χ1) is 9.17. The van der Waals surface area contributed by atoms with Crippen LogP contribution in [-0.4, -0.2) is 50.1 Å². The van der Waals surface area contributed by atoms with E-state index in [4.69, 9.17) is 5.73 Å². The van der Waals surface area contributed by atoms with Crippen LogP contribution in [0.15, 0.2) is 11.4 Å². The molecule has 0 spiro atoms. The second-order valence-corrected chi connectivity index (χ2v) is 5.84. The predicted octanol–water partition coefficient (Wildman–Crippen LogP) is 1.83. The quantitative estimate of drug-likeness (QED) is 0.773. The van der Waals surface area contributed by atoms with Gasteiger partial charge in [0.2, 0.25) is 0 Å². The van der Waals surface area contributed by atoms with Crippen LogP contribution in [0.25, 0.3) is 0 Å². The lowest BCUT2D eigenvalue weighted by molar-refractivity contribution is 0.235. The van der Waals surface area contributed by atoms with Crippen LogP contribution in [0.5, 0.6) is 0 Å². The van der Waals surface area contributed by atoms with Gasteiger partial charge in [0.15, 0.2) is 0 Å². The molecular weight excluding hydrogens is 254 g/mol. The topological polar surface area (TPSA) is 32.5 Å². The summed E-state index contributed by atoms with van der Waals surface area (Å²) in [6, 6.07) is 2.10. The van der Waals surface area contributed by atoms with Crippen molar-refractivity contribution in [3.63, 3.8) is 0 Å². The lowest BCUT2D eigenvalue weighted by Crippen LogP contribution is -2.31. The Kier molecular flexibility index (Phi) is 7.76. The maximum Gasteiger partial charge on any atom is 0.0555 e. The van der Waals surface area contributed by atoms with Crippen molar-refractivity contribution >= 4 is 11.3 Å². The van der Waals surface area contributed by atoms with Gasteiger partial charge in [0.1, 0.15) is 0 Å². The summed E-state index contributed by atoms with van der Waals surface area (Å²) in [6.45, 7) is 6.97. The summed E-state index contributed by atoms with van der Waals surface area (Å²) < 4.78 is 0. The number of likely N-dealkylation sites (N-methyl/N-ethyl adjacent to an activating group) is 1. The van der Waals surface area contributed by atoms with Gasteiger partial charge in [0, 0.05) is 30.1 Å². The Balaban J connectivity index is 2.65. The molecular formula is C15H25N3S. The van der Waals surface area contributed by atoms with Crippen molar-refractivity contribution in [1.29, 1.82) is 0 Å². The van der Waals surface area contributed by atoms with E-state index in [1.165, 1.54) is 11.3 Å². The van der Waals surface area contributed by atoms with E-state index < -0.39 is 0 Å². The van der Waals surface area contributed by atoms with E-state index >= 15 is 0 Å². The lowest BCUT2D eigenvalue weighted by atomic mass is 10.2. The number of rotatable bonds is 7. The molecule has 0 aliphatic heterocycles. The van der Waals surface area contributed by atoms with Crippen LogP contribution in [0, 0.1) is 11.8 Å². The number of nitrogens with two attached hydrogens (primary N) is 1. The highest BCUT2D eigenvalue weighted by molar-refractivity contribution is 7.10. The molecule has 0 amide bonds. The first-order valence-electron chi connectivity index (χ1n) is 6.79. The van der Waals surface area contributed by atoms with Crippen LogP contribution in [0.4, 0.5) is 0 Å². The Morgan fingerprint density at radius 2 is 2.05 bits per heavy atom. The monoisotopic (exact) mass is 279 g/mol. The van der Waals surface area contributed by atoms with Gasteiger partial charge in [-0.15, -0.1) is 11.3 Å². The molecule has 1 heterocycles. The van der Waals surface area contributed by atoms with E-state index in [0.29, 0.717) is 6.54 Å². The molecule has 0 unspecified atom stereocenters. The van der Waals surface area contributed by atoms with Gasteiger partial charge in [-0.3, -0.25) is 4.90 Å². The molecule has 3 nitrogen and oxygen atoms in total. The Labute approximate surface area is 121 Å². The molecule has 0 aromatic carbocycles. The van der Waals surface area contributed by atoms with E-state index in [1.54, 1.807) is 11.3 Å². The fraction of sp³-hybridized carbons (Fsp3) is 0.600. The highest BCUT2D eigenvalue weighted by atomic mass is 32.1. The summed E-state index contributed by atoms with van der Waals surface area (Å²) in [7, 11) is 4.24. The van der Waals surface area contributed by atoms with Crippen molar-refractivity contribution in [2.24, 2.45) is 5.73 Å². The zero-order chi connectivity index (χ0) is 14.1. The minimum atomic E-state index is 0.425. The highest BCUT2D eigenvalue weighted by Crippen LogP contribution is 2.18. The van der Waals surface area contributed by atoms with Crippen molar-refractivity contribution in [1.82, 2.24) is 9.80 Å². The molecule has 1 aromatic heterocycles. The summed E-state index contributed by atoms with van der Waals surface area (Å²) >= 11 is 1.79. The Morgan fingerprint density at radius 3 is 2.68 bits per heavy atom. The van der Waals surface area contributed by atoms with Gasteiger partial charge >= 0.3 is 0 Å². The fourth-order valence-corrected chi connectivity index (χ4v) is 2.72. The summed E-state index contributed by atoms with van der Waals surface area (Å²) in [5.41, 5.74) is 6.58. The van der Waals surface area contributed by atoms with Gasteiger partial charge in [-0.1, -0.05) is 18.8 Å². The average molecular weight is 279 g/mol. The van der Waals surface area contributed by atoms with E-state index in [-0.39, 0.29) is 0 Å². The highest BCUT2D eigenvalue weighted by Gasteiger charge is 2.09. The zero-order valence-corrected chi connectivity index (χ0v) is 13.1. The van der Waals surface area contributed by atoms with Crippen LogP contribution < -0.4 is 5.73 Å². The molecule has 0 radical (unpaired) electrons. The first-order valence-corrected chi connectivity index (χ1v) is 7.67. The van der Waals surface area contributed by atoms with Crippen molar-refractivity contribution in [3.05, 3.63) is 21.9 Å². The molecule has 19 heavy (non-hydrogen) atoms.